The van der Waals surface area contributed by atoms with E-state index in [2.05, 4.69) is 20.6 Å². The lowest BCUT2D eigenvalue weighted by molar-refractivity contribution is 0.102. The van der Waals surface area contributed by atoms with Crippen LogP contribution in [0.2, 0.25) is 0 Å². The van der Waals surface area contributed by atoms with Crippen molar-refractivity contribution >= 4 is 17.2 Å². The molecule has 0 fully saturated rings. The average Bonchev–Trinajstić information content (AvgIpc) is 3.14. The largest absolute Gasteiger partial charge is 0.496 e. The van der Waals surface area contributed by atoms with E-state index in [1.54, 1.807) is 24.7 Å². The Morgan fingerprint density at radius 3 is 2.54 bits per heavy atom. The number of amides is 1. The van der Waals surface area contributed by atoms with Gasteiger partial charge in [-0.1, -0.05) is 36.4 Å². The predicted octanol–water partition coefficient (Wildman–Crippen LogP) is 3.67. The van der Waals surface area contributed by atoms with E-state index in [0.29, 0.717) is 11.3 Å². The first-order valence-electron chi connectivity index (χ1n) is 8.81. The fourth-order valence-electron chi connectivity index (χ4n) is 3.12. The zero-order chi connectivity index (χ0) is 19.7. The van der Waals surface area contributed by atoms with Crippen LogP contribution in [0.25, 0.3) is 16.8 Å². The molecule has 0 aliphatic carbocycles. The second kappa shape index (κ2) is 7.11. The molecule has 2 aromatic heterocycles. The number of fused-ring (bicyclic) bond motifs is 1. The van der Waals surface area contributed by atoms with Crippen molar-refractivity contribution in [3.05, 3.63) is 71.7 Å². The van der Waals surface area contributed by atoms with E-state index >= 15 is 0 Å². The molecule has 0 atom stereocenters. The summed E-state index contributed by atoms with van der Waals surface area (Å²) in [5.74, 6) is 0.397. The van der Waals surface area contributed by atoms with Gasteiger partial charge in [0.05, 0.1) is 24.6 Å². The molecule has 2 aromatic carbocycles. The van der Waals surface area contributed by atoms with Gasteiger partial charge >= 0.3 is 0 Å². The zero-order valence-corrected chi connectivity index (χ0v) is 15.8. The van der Waals surface area contributed by atoms with Gasteiger partial charge < -0.3 is 10.1 Å². The summed E-state index contributed by atoms with van der Waals surface area (Å²) in [4.78, 5) is 12.7. The maximum Gasteiger partial charge on any atom is 0.278 e. The Kier molecular flexibility index (Phi) is 4.49. The SMILES string of the molecule is COc1ccccc1-c1cnn2c(C)c(C(=O)Nc3ccccc3C)nnc12. The molecule has 7 nitrogen and oxygen atoms in total. The van der Waals surface area contributed by atoms with Crippen LogP contribution < -0.4 is 10.1 Å². The number of rotatable bonds is 4. The lowest BCUT2D eigenvalue weighted by atomic mass is 10.1. The minimum Gasteiger partial charge on any atom is -0.496 e. The summed E-state index contributed by atoms with van der Waals surface area (Å²) in [6, 6.07) is 15.2. The van der Waals surface area contributed by atoms with Gasteiger partial charge in [-0.3, -0.25) is 4.79 Å². The van der Waals surface area contributed by atoms with E-state index in [4.69, 9.17) is 4.74 Å². The van der Waals surface area contributed by atoms with Crippen LogP contribution in [-0.2, 0) is 0 Å². The standard InChI is InChI=1S/C21H19N5O2/c1-13-8-4-6-10-17(13)23-21(27)19-14(2)26-20(25-24-19)16(12-22-26)15-9-5-7-11-18(15)28-3/h4-12H,1-3H3,(H,23,27). The van der Waals surface area contributed by atoms with Crippen LogP contribution >= 0.6 is 0 Å². The number of para-hydroxylation sites is 2. The summed E-state index contributed by atoms with van der Waals surface area (Å²) in [6.45, 7) is 3.73. The molecule has 0 spiro atoms. The summed E-state index contributed by atoms with van der Waals surface area (Å²) < 4.78 is 7.07. The summed E-state index contributed by atoms with van der Waals surface area (Å²) in [5, 5.41) is 15.8. The molecule has 4 rings (SSSR count). The van der Waals surface area contributed by atoms with E-state index in [-0.39, 0.29) is 11.6 Å². The van der Waals surface area contributed by atoms with Crippen LogP contribution in [0.1, 0.15) is 21.7 Å². The molecule has 0 bridgehead atoms. The molecule has 0 saturated carbocycles. The second-order valence-electron chi connectivity index (χ2n) is 6.40. The quantitative estimate of drug-likeness (QED) is 0.590. The number of aryl methyl sites for hydroxylation is 2. The Balaban J connectivity index is 1.75. The summed E-state index contributed by atoms with van der Waals surface area (Å²) in [7, 11) is 1.62. The van der Waals surface area contributed by atoms with Crippen LogP contribution in [0.3, 0.4) is 0 Å². The molecule has 7 heteroatoms. The van der Waals surface area contributed by atoms with Crippen molar-refractivity contribution in [1.82, 2.24) is 19.8 Å². The average molecular weight is 373 g/mol. The molecule has 0 aliphatic heterocycles. The van der Waals surface area contributed by atoms with Gasteiger partial charge in [-0.15, -0.1) is 10.2 Å². The monoisotopic (exact) mass is 373 g/mol. The Labute approximate surface area is 162 Å². The first-order valence-corrected chi connectivity index (χ1v) is 8.81. The van der Waals surface area contributed by atoms with E-state index in [0.717, 1.165) is 28.1 Å². The Morgan fingerprint density at radius 1 is 1.00 bits per heavy atom. The van der Waals surface area contributed by atoms with Crippen molar-refractivity contribution in [2.24, 2.45) is 0 Å². The van der Waals surface area contributed by atoms with Gasteiger partial charge in [0.2, 0.25) is 0 Å². The number of carbonyl (C=O) groups excluding carboxylic acids is 1. The Morgan fingerprint density at radius 2 is 1.75 bits per heavy atom. The first-order chi connectivity index (χ1) is 13.6. The number of methoxy groups -OCH3 is 1. The number of nitrogens with zero attached hydrogens (tertiary/aromatic N) is 4. The number of nitrogens with one attached hydrogen (secondary N) is 1. The number of hydrogen-bond donors (Lipinski definition) is 1. The van der Waals surface area contributed by atoms with Crippen molar-refractivity contribution in [3.8, 4) is 16.9 Å². The number of ether oxygens (including phenoxy) is 1. The van der Waals surface area contributed by atoms with Crippen molar-refractivity contribution in [2.75, 3.05) is 12.4 Å². The highest BCUT2D eigenvalue weighted by Crippen LogP contribution is 2.32. The van der Waals surface area contributed by atoms with Gasteiger partial charge in [-0.05, 0) is 31.5 Å². The third-order valence-electron chi connectivity index (χ3n) is 4.65. The van der Waals surface area contributed by atoms with Gasteiger partial charge in [0, 0.05) is 11.3 Å². The summed E-state index contributed by atoms with van der Waals surface area (Å²) >= 11 is 0. The van der Waals surface area contributed by atoms with Gasteiger partial charge in [-0.25, -0.2) is 4.52 Å². The fourth-order valence-corrected chi connectivity index (χ4v) is 3.12. The second-order valence-corrected chi connectivity index (χ2v) is 6.40. The van der Waals surface area contributed by atoms with Gasteiger partial charge in [0.1, 0.15) is 5.75 Å². The number of anilines is 1. The fraction of sp³-hybridized carbons (Fsp3) is 0.143. The van der Waals surface area contributed by atoms with E-state index in [1.807, 2.05) is 55.5 Å². The lowest BCUT2D eigenvalue weighted by Crippen LogP contribution is -2.19. The molecule has 0 aliphatic rings. The lowest BCUT2D eigenvalue weighted by Gasteiger charge is -2.10. The molecular weight excluding hydrogens is 354 g/mol. The minimum absolute atomic E-state index is 0.227. The maximum absolute atomic E-state index is 12.7. The van der Waals surface area contributed by atoms with Crippen molar-refractivity contribution < 1.29 is 9.53 Å². The molecule has 1 amide bonds. The minimum atomic E-state index is -0.324. The highest BCUT2D eigenvalue weighted by atomic mass is 16.5. The highest BCUT2D eigenvalue weighted by Gasteiger charge is 2.19. The Hall–Kier alpha value is -3.74. The molecule has 1 N–H and O–H groups in total. The zero-order valence-electron chi connectivity index (χ0n) is 15.8. The molecule has 140 valence electrons. The Bertz CT molecular complexity index is 1180. The van der Waals surface area contributed by atoms with Crippen molar-refractivity contribution in [3.63, 3.8) is 0 Å². The van der Waals surface area contributed by atoms with Crippen LogP contribution in [0.15, 0.2) is 54.7 Å². The molecule has 0 saturated heterocycles. The van der Waals surface area contributed by atoms with Crippen molar-refractivity contribution in [2.45, 2.75) is 13.8 Å². The number of hydrogen-bond acceptors (Lipinski definition) is 5. The van der Waals surface area contributed by atoms with E-state index in [1.165, 1.54) is 0 Å². The normalized spacial score (nSPS) is 10.8. The molecule has 4 aromatic rings. The third-order valence-corrected chi connectivity index (χ3v) is 4.65. The van der Waals surface area contributed by atoms with E-state index < -0.39 is 0 Å². The van der Waals surface area contributed by atoms with Crippen LogP contribution in [0.4, 0.5) is 5.69 Å². The van der Waals surface area contributed by atoms with Gasteiger partial charge in [0.15, 0.2) is 11.3 Å². The summed E-state index contributed by atoms with van der Waals surface area (Å²) in [6.07, 6.45) is 1.71. The molecule has 2 heterocycles. The first kappa shape index (κ1) is 17.7. The van der Waals surface area contributed by atoms with Crippen LogP contribution in [0, 0.1) is 13.8 Å². The molecule has 0 unspecified atom stereocenters. The van der Waals surface area contributed by atoms with Gasteiger partial charge in [-0.2, -0.15) is 5.10 Å². The molecule has 28 heavy (non-hydrogen) atoms. The topological polar surface area (TPSA) is 81.4 Å². The highest BCUT2D eigenvalue weighted by molar-refractivity contribution is 6.04. The third kappa shape index (κ3) is 2.96. The molecule has 0 radical (unpaired) electrons. The van der Waals surface area contributed by atoms with Crippen LogP contribution in [0.5, 0.6) is 5.75 Å². The smallest absolute Gasteiger partial charge is 0.278 e. The number of carbonyl (C=O) groups is 1. The van der Waals surface area contributed by atoms with E-state index in [9.17, 15) is 4.79 Å². The van der Waals surface area contributed by atoms with Crippen LogP contribution in [-0.4, -0.2) is 32.8 Å². The maximum atomic E-state index is 12.7. The number of benzene rings is 2. The summed E-state index contributed by atoms with van der Waals surface area (Å²) in [5.41, 5.74) is 4.77. The number of aromatic nitrogens is 4. The van der Waals surface area contributed by atoms with Gasteiger partial charge in [0.25, 0.3) is 5.91 Å². The molecular formula is C21H19N5O2. The predicted molar refractivity (Wildman–Crippen MR) is 107 cm³/mol. The van der Waals surface area contributed by atoms with Crippen molar-refractivity contribution in [1.29, 1.82) is 0 Å².